The molecular formula is C10H8O3S. The van der Waals surface area contributed by atoms with Crippen LogP contribution in [0.25, 0.3) is 6.08 Å². The first-order valence-corrected chi connectivity index (χ1v) is 5.02. The average molecular weight is 208 g/mol. The second-order valence-corrected chi connectivity index (χ2v) is 3.97. The van der Waals surface area contributed by atoms with Crippen molar-refractivity contribution >= 4 is 29.2 Å². The standard InChI is InChI=1S/C10H8O3S/c1-6-2-3-14-9(6)4-7-8(11)5-13-10(7)12/h2-4H,5H2,1H3. The van der Waals surface area contributed by atoms with Crippen LogP contribution in [-0.4, -0.2) is 18.4 Å². The summed E-state index contributed by atoms with van der Waals surface area (Å²) in [6, 6.07) is 1.95. The van der Waals surface area contributed by atoms with Crippen LogP contribution in [0, 0.1) is 6.92 Å². The van der Waals surface area contributed by atoms with Crippen LogP contribution in [0.3, 0.4) is 0 Å². The fraction of sp³-hybridized carbons (Fsp3) is 0.200. The maximum Gasteiger partial charge on any atom is 0.342 e. The number of carbonyl (C=O) groups excluding carboxylic acids is 2. The van der Waals surface area contributed by atoms with Crippen LogP contribution in [-0.2, 0) is 14.3 Å². The second-order valence-electron chi connectivity index (χ2n) is 3.03. The first-order chi connectivity index (χ1) is 6.68. The van der Waals surface area contributed by atoms with Gasteiger partial charge in [0.25, 0.3) is 0 Å². The number of ketones is 1. The van der Waals surface area contributed by atoms with Crippen molar-refractivity contribution < 1.29 is 14.3 Å². The van der Waals surface area contributed by atoms with Gasteiger partial charge in [0, 0.05) is 4.88 Å². The Bertz CT molecular complexity index is 410. The van der Waals surface area contributed by atoms with E-state index in [9.17, 15) is 9.59 Å². The van der Waals surface area contributed by atoms with Gasteiger partial charge in [-0.25, -0.2) is 4.79 Å². The average Bonchev–Trinajstić information content (AvgIpc) is 2.67. The number of rotatable bonds is 1. The number of ether oxygens (including phenoxy) is 1. The first-order valence-electron chi connectivity index (χ1n) is 4.14. The highest BCUT2D eigenvalue weighted by molar-refractivity contribution is 7.11. The molecule has 0 aliphatic carbocycles. The van der Waals surface area contributed by atoms with Crippen molar-refractivity contribution in [2.45, 2.75) is 6.92 Å². The predicted octanol–water partition coefficient (Wildman–Crippen LogP) is 1.57. The van der Waals surface area contributed by atoms with Gasteiger partial charge in [-0.3, -0.25) is 4.79 Å². The number of Topliss-reactive ketones (excluding diaryl/α,β-unsaturated/α-hetero) is 1. The van der Waals surface area contributed by atoms with Crippen LogP contribution in [0.15, 0.2) is 17.0 Å². The summed E-state index contributed by atoms with van der Waals surface area (Å²) in [5.74, 6) is -0.745. The van der Waals surface area contributed by atoms with Gasteiger partial charge in [-0.05, 0) is 30.0 Å². The molecule has 0 aromatic carbocycles. The minimum Gasteiger partial charge on any atom is -0.454 e. The number of aryl methyl sites for hydroxylation is 1. The molecule has 1 fully saturated rings. The monoisotopic (exact) mass is 208 g/mol. The van der Waals surface area contributed by atoms with Crippen molar-refractivity contribution in [3.63, 3.8) is 0 Å². The van der Waals surface area contributed by atoms with E-state index in [4.69, 9.17) is 0 Å². The quantitative estimate of drug-likeness (QED) is 0.399. The number of hydrogen-bond donors (Lipinski definition) is 0. The van der Waals surface area contributed by atoms with Crippen LogP contribution in [0.5, 0.6) is 0 Å². The lowest BCUT2D eigenvalue weighted by molar-refractivity contribution is -0.135. The van der Waals surface area contributed by atoms with E-state index in [0.29, 0.717) is 0 Å². The number of carbonyl (C=O) groups is 2. The molecule has 0 N–H and O–H groups in total. The third-order valence-electron chi connectivity index (χ3n) is 2.03. The molecule has 2 rings (SSSR count). The largest absolute Gasteiger partial charge is 0.454 e. The van der Waals surface area contributed by atoms with E-state index >= 15 is 0 Å². The lowest BCUT2D eigenvalue weighted by Crippen LogP contribution is -2.00. The highest BCUT2D eigenvalue weighted by Gasteiger charge is 2.28. The van der Waals surface area contributed by atoms with Gasteiger partial charge in [-0.2, -0.15) is 0 Å². The molecule has 72 valence electrons. The summed E-state index contributed by atoms with van der Waals surface area (Å²) in [6.07, 6.45) is 1.61. The minimum atomic E-state index is -0.511. The van der Waals surface area contributed by atoms with Crippen LogP contribution in [0.2, 0.25) is 0 Å². The number of cyclic esters (lactones) is 1. The van der Waals surface area contributed by atoms with E-state index in [1.807, 2.05) is 18.4 Å². The van der Waals surface area contributed by atoms with Crippen molar-refractivity contribution in [2.75, 3.05) is 6.61 Å². The Kier molecular flexibility index (Phi) is 2.21. The molecule has 2 heterocycles. The zero-order valence-corrected chi connectivity index (χ0v) is 8.39. The molecule has 0 unspecified atom stereocenters. The maximum absolute atomic E-state index is 11.2. The smallest absolute Gasteiger partial charge is 0.342 e. The summed E-state index contributed by atoms with van der Waals surface area (Å²) < 4.78 is 4.61. The van der Waals surface area contributed by atoms with E-state index in [0.717, 1.165) is 10.4 Å². The molecule has 0 saturated carbocycles. The van der Waals surface area contributed by atoms with E-state index in [-0.39, 0.29) is 18.0 Å². The Morgan fingerprint density at radius 1 is 1.50 bits per heavy atom. The van der Waals surface area contributed by atoms with Crippen molar-refractivity contribution in [1.82, 2.24) is 0 Å². The van der Waals surface area contributed by atoms with Gasteiger partial charge in [-0.1, -0.05) is 0 Å². The summed E-state index contributed by atoms with van der Waals surface area (Å²) in [6.45, 7) is 1.82. The summed E-state index contributed by atoms with van der Waals surface area (Å²) in [5.41, 5.74) is 1.23. The lowest BCUT2D eigenvalue weighted by Gasteiger charge is -1.91. The van der Waals surface area contributed by atoms with Crippen molar-refractivity contribution in [2.24, 2.45) is 0 Å². The van der Waals surface area contributed by atoms with Gasteiger partial charge in [0.1, 0.15) is 5.57 Å². The third kappa shape index (κ3) is 1.48. The highest BCUT2D eigenvalue weighted by Crippen LogP contribution is 2.21. The first kappa shape index (κ1) is 9.15. The fourth-order valence-electron chi connectivity index (χ4n) is 1.20. The molecule has 1 saturated heterocycles. The molecule has 0 atom stereocenters. The molecule has 0 bridgehead atoms. The zero-order valence-electron chi connectivity index (χ0n) is 7.57. The van der Waals surface area contributed by atoms with Gasteiger partial charge in [0.05, 0.1) is 0 Å². The highest BCUT2D eigenvalue weighted by atomic mass is 32.1. The summed E-state index contributed by atoms with van der Waals surface area (Å²) in [5, 5.41) is 1.92. The second kappa shape index (κ2) is 3.38. The molecular weight excluding hydrogens is 200 g/mol. The van der Waals surface area contributed by atoms with Crippen LogP contribution in [0.1, 0.15) is 10.4 Å². The third-order valence-corrected chi connectivity index (χ3v) is 3.00. The molecule has 1 aliphatic heterocycles. The Balaban J connectivity index is 2.39. The van der Waals surface area contributed by atoms with Gasteiger partial charge in [-0.15, -0.1) is 11.3 Å². The summed E-state index contributed by atoms with van der Waals surface area (Å²) >= 11 is 1.50. The van der Waals surface area contributed by atoms with Crippen molar-refractivity contribution in [3.05, 3.63) is 27.5 Å². The maximum atomic E-state index is 11.2. The van der Waals surface area contributed by atoms with Crippen molar-refractivity contribution in [1.29, 1.82) is 0 Å². The molecule has 1 aromatic heterocycles. The van der Waals surface area contributed by atoms with Crippen LogP contribution in [0.4, 0.5) is 0 Å². The van der Waals surface area contributed by atoms with E-state index < -0.39 is 5.97 Å². The van der Waals surface area contributed by atoms with Crippen LogP contribution < -0.4 is 0 Å². The lowest BCUT2D eigenvalue weighted by atomic mass is 10.1. The molecule has 1 aromatic rings. The van der Waals surface area contributed by atoms with E-state index in [1.54, 1.807) is 6.08 Å². The molecule has 1 aliphatic rings. The van der Waals surface area contributed by atoms with Gasteiger partial charge >= 0.3 is 5.97 Å². The van der Waals surface area contributed by atoms with Gasteiger partial charge < -0.3 is 4.74 Å². The Labute approximate surface area is 85.0 Å². The molecule has 3 nitrogen and oxygen atoms in total. The fourth-order valence-corrected chi connectivity index (χ4v) is 2.06. The normalized spacial score (nSPS) is 19.1. The van der Waals surface area contributed by atoms with E-state index in [1.165, 1.54) is 11.3 Å². The Morgan fingerprint density at radius 2 is 2.29 bits per heavy atom. The van der Waals surface area contributed by atoms with Gasteiger partial charge in [0.2, 0.25) is 5.78 Å². The van der Waals surface area contributed by atoms with Crippen molar-refractivity contribution in [3.8, 4) is 0 Å². The minimum absolute atomic E-state index is 0.116. The topological polar surface area (TPSA) is 43.4 Å². The van der Waals surface area contributed by atoms with Crippen LogP contribution >= 0.6 is 11.3 Å². The Hall–Kier alpha value is -1.42. The number of hydrogen-bond acceptors (Lipinski definition) is 4. The molecule has 0 radical (unpaired) electrons. The van der Waals surface area contributed by atoms with E-state index in [2.05, 4.69) is 4.74 Å². The SMILES string of the molecule is Cc1ccsc1C=C1C(=O)COC1=O. The predicted molar refractivity (Wildman–Crippen MR) is 53.0 cm³/mol. The molecule has 0 amide bonds. The number of thiophene rings is 1. The Morgan fingerprint density at radius 3 is 2.79 bits per heavy atom. The molecule has 0 spiro atoms. The summed E-state index contributed by atoms with van der Waals surface area (Å²) in [4.78, 5) is 23.3. The zero-order chi connectivity index (χ0) is 10.1. The molecule has 4 heteroatoms. The van der Waals surface area contributed by atoms with Gasteiger partial charge in [0.15, 0.2) is 6.61 Å². The molecule has 14 heavy (non-hydrogen) atoms. The summed E-state index contributed by atoms with van der Waals surface area (Å²) in [7, 11) is 0. The number of esters is 1.